The number of amides is 2. The van der Waals surface area contributed by atoms with Gasteiger partial charge in [-0.25, -0.2) is 0 Å². The number of rotatable bonds is 8. The molecule has 3 aromatic carbocycles. The quantitative estimate of drug-likeness (QED) is 0.474. The molecule has 0 aliphatic heterocycles. The Bertz CT molecular complexity index is 1200. The Hall–Kier alpha value is -3.66. The molecular formula is C27H27ClN4O2. The van der Waals surface area contributed by atoms with E-state index in [1.807, 2.05) is 26.0 Å². The fraction of sp³-hybridized carbons (Fsp3) is 0.222. The lowest BCUT2D eigenvalue weighted by molar-refractivity contribution is 0.0673. The normalized spacial score (nSPS) is 10.9. The summed E-state index contributed by atoms with van der Waals surface area (Å²) in [6, 6.07) is 22.8. The van der Waals surface area contributed by atoms with Gasteiger partial charge in [0.2, 0.25) is 0 Å². The molecule has 2 amide bonds. The third-order valence-corrected chi connectivity index (χ3v) is 5.63. The van der Waals surface area contributed by atoms with Crippen molar-refractivity contribution < 1.29 is 9.59 Å². The van der Waals surface area contributed by atoms with Crippen LogP contribution in [0.3, 0.4) is 0 Å². The van der Waals surface area contributed by atoms with E-state index in [0.29, 0.717) is 47.0 Å². The minimum absolute atomic E-state index is 0.135. The van der Waals surface area contributed by atoms with Crippen LogP contribution in [0, 0.1) is 16.7 Å². The van der Waals surface area contributed by atoms with Gasteiger partial charge in [0.15, 0.2) is 0 Å². The van der Waals surface area contributed by atoms with Crippen molar-refractivity contribution in [1.82, 2.24) is 4.90 Å². The lowest BCUT2D eigenvalue weighted by atomic mass is 9.92. The third kappa shape index (κ3) is 6.67. The molecule has 0 atom stereocenters. The van der Waals surface area contributed by atoms with Crippen LogP contribution in [0.1, 0.15) is 45.7 Å². The summed E-state index contributed by atoms with van der Waals surface area (Å²) in [5.74, 6) is -0.387. The van der Waals surface area contributed by atoms with Gasteiger partial charge in [-0.15, -0.1) is 0 Å². The molecule has 174 valence electrons. The Labute approximate surface area is 204 Å². The molecule has 7 heteroatoms. The average Bonchev–Trinajstić information content (AvgIpc) is 2.84. The topological polar surface area (TPSA) is 99.2 Å². The molecule has 34 heavy (non-hydrogen) atoms. The SMILES string of the molecule is CC(C)(CN)CN(Cc1ccc(NC(=O)c2cccc(Cl)c2)cc1)C(=O)c1ccc(C#N)cc1. The second-order valence-electron chi connectivity index (χ2n) is 8.88. The van der Waals surface area contributed by atoms with Crippen molar-refractivity contribution in [1.29, 1.82) is 5.26 Å². The fourth-order valence-corrected chi connectivity index (χ4v) is 3.59. The van der Waals surface area contributed by atoms with E-state index in [1.54, 1.807) is 65.6 Å². The molecule has 0 aliphatic rings. The van der Waals surface area contributed by atoms with E-state index in [2.05, 4.69) is 11.4 Å². The lowest BCUT2D eigenvalue weighted by Crippen LogP contribution is -2.41. The molecule has 0 heterocycles. The first kappa shape index (κ1) is 25.0. The Morgan fingerprint density at radius 3 is 2.29 bits per heavy atom. The van der Waals surface area contributed by atoms with Crippen LogP contribution in [-0.2, 0) is 6.54 Å². The molecule has 0 aromatic heterocycles. The number of hydrogen-bond donors (Lipinski definition) is 2. The van der Waals surface area contributed by atoms with Crippen molar-refractivity contribution in [2.45, 2.75) is 20.4 Å². The van der Waals surface area contributed by atoms with Gasteiger partial charge in [-0.05, 0) is 72.1 Å². The molecular weight excluding hydrogens is 448 g/mol. The van der Waals surface area contributed by atoms with Crippen LogP contribution in [-0.4, -0.2) is 29.8 Å². The lowest BCUT2D eigenvalue weighted by Gasteiger charge is -2.32. The largest absolute Gasteiger partial charge is 0.334 e. The summed E-state index contributed by atoms with van der Waals surface area (Å²) in [4.78, 5) is 27.5. The van der Waals surface area contributed by atoms with E-state index >= 15 is 0 Å². The van der Waals surface area contributed by atoms with Crippen LogP contribution in [0.2, 0.25) is 5.02 Å². The zero-order valence-corrected chi connectivity index (χ0v) is 20.0. The smallest absolute Gasteiger partial charge is 0.255 e. The highest BCUT2D eigenvalue weighted by atomic mass is 35.5. The Morgan fingerprint density at radius 2 is 1.71 bits per heavy atom. The highest BCUT2D eigenvalue weighted by molar-refractivity contribution is 6.31. The second kappa shape index (κ2) is 11.0. The molecule has 0 saturated heterocycles. The molecule has 0 bridgehead atoms. The van der Waals surface area contributed by atoms with Gasteiger partial charge in [0, 0.05) is 34.9 Å². The summed E-state index contributed by atoms with van der Waals surface area (Å²) < 4.78 is 0. The number of nitrogens with zero attached hydrogens (tertiary/aromatic N) is 2. The first-order valence-corrected chi connectivity index (χ1v) is 11.2. The first-order valence-electron chi connectivity index (χ1n) is 10.9. The van der Waals surface area contributed by atoms with E-state index in [1.165, 1.54) is 0 Å². The minimum Gasteiger partial charge on any atom is -0.334 e. The number of nitrogens with one attached hydrogen (secondary N) is 1. The monoisotopic (exact) mass is 474 g/mol. The maximum Gasteiger partial charge on any atom is 0.255 e. The summed E-state index contributed by atoms with van der Waals surface area (Å²) in [5, 5.41) is 12.4. The van der Waals surface area contributed by atoms with Gasteiger partial charge in [-0.3, -0.25) is 9.59 Å². The number of halogens is 1. The Balaban J connectivity index is 1.75. The summed E-state index contributed by atoms with van der Waals surface area (Å²) in [6.07, 6.45) is 0. The molecule has 3 aromatic rings. The number of carbonyl (C=O) groups is 2. The average molecular weight is 475 g/mol. The zero-order valence-electron chi connectivity index (χ0n) is 19.2. The van der Waals surface area contributed by atoms with Gasteiger partial charge in [0.05, 0.1) is 11.6 Å². The van der Waals surface area contributed by atoms with Gasteiger partial charge >= 0.3 is 0 Å². The number of carbonyl (C=O) groups excluding carboxylic acids is 2. The zero-order chi connectivity index (χ0) is 24.7. The van der Waals surface area contributed by atoms with E-state index in [-0.39, 0.29) is 17.2 Å². The molecule has 0 spiro atoms. The van der Waals surface area contributed by atoms with Gasteiger partial charge in [0.1, 0.15) is 0 Å². The predicted octanol–water partition coefficient (Wildman–Crippen LogP) is 5.09. The highest BCUT2D eigenvalue weighted by Crippen LogP contribution is 2.21. The van der Waals surface area contributed by atoms with Crippen molar-refractivity contribution in [2.24, 2.45) is 11.1 Å². The standard InChI is InChI=1S/C27H27ClN4O2/c1-27(2,17-30)18-32(26(34)21-10-6-19(15-29)7-11-21)16-20-8-12-24(13-9-20)31-25(33)22-4-3-5-23(28)14-22/h3-14H,16-18,30H2,1-2H3,(H,31,33). The number of nitriles is 1. The number of benzene rings is 3. The van der Waals surface area contributed by atoms with Crippen molar-refractivity contribution in [3.63, 3.8) is 0 Å². The van der Waals surface area contributed by atoms with E-state index in [9.17, 15) is 9.59 Å². The van der Waals surface area contributed by atoms with E-state index < -0.39 is 0 Å². The van der Waals surface area contributed by atoms with Crippen molar-refractivity contribution in [3.05, 3.63) is 100 Å². The molecule has 0 radical (unpaired) electrons. The van der Waals surface area contributed by atoms with E-state index in [0.717, 1.165) is 5.56 Å². The van der Waals surface area contributed by atoms with Gasteiger partial charge in [-0.2, -0.15) is 5.26 Å². The highest BCUT2D eigenvalue weighted by Gasteiger charge is 2.25. The van der Waals surface area contributed by atoms with Crippen molar-refractivity contribution in [2.75, 3.05) is 18.4 Å². The van der Waals surface area contributed by atoms with Crippen LogP contribution < -0.4 is 11.1 Å². The molecule has 3 rings (SSSR count). The van der Waals surface area contributed by atoms with Crippen molar-refractivity contribution >= 4 is 29.1 Å². The maximum absolute atomic E-state index is 13.3. The fourth-order valence-electron chi connectivity index (χ4n) is 3.40. The van der Waals surface area contributed by atoms with Crippen LogP contribution in [0.5, 0.6) is 0 Å². The Morgan fingerprint density at radius 1 is 1.03 bits per heavy atom. The molecule has 0 unspecified atom stereocenters. The predicted molar refractivity (Wildman–Crippen MR) is 135 cm³/mol. The number of anilines is 1. The molecule has 0 aliphatic carbocycles. The molecule has 3 N–H and O–H groups in total. The number of nitrogens with two attached hydrogens (primary N) is 1. The number of hydrogen-bond acceptors (Lipinski definition) is 4. The summed E-state index contributed by atoms with van der Waals surface area (Å²) >= 11 is 5.97. The van der Waals surface area contributed by atoms with Gasteiger partial charge in [-0.1, -0.05) is 43.6 Å². The molecule has 0 fully saturated rings. The van der Waals surface area contributed by atoms with Gasteiger partial charge in [0.25, 0.3) is 11.8 Å². The molecule has 6 nitrogen and oxygen atoms in total. The van der Waals surface area contributed by atoms with Crippen LogP contribution in [0.15, 0.2) is 72.8 Å². The van der Waals surface area contributed by atoms with Crippen molar-refractivity contribution in [3.8, 4) is 6.07 Å². The van der Waals surface area contributed by atoms with Crippen LogP contribution in [0.25, 0.3) is 0 Å². The molecule has 0 saturated carbocycles. The summed E-state index contributed by atoms with van der Waals surface area (Å²) in [7, 11) is 0. The Kier molecular flexibility index (Phi) is 8.06. The summed E-state index contributed by atoms with van der Waals surface area (Å²) in [5.41, 5.74) is 8.69. The van der Waals surface area contributed by atoms with Crippen LogP contribution in [0.4, 0.5) is 5.69 Å². The minimum atomic E-state index is -0.271. The van der Waals surface area contributed by atoms with Crippen LogP contribution >= 0.6 is 11.6 Å². The summed E-state index contributed by atoms with van der Waals surface area (Å²) in [6.45, 7) is 5.31. The second-order valence-corrected chi connectivity index (χ2v) is 9.32. The van der Waals surface area contributed by atoms with E-state index in [4.69, 9.17) is 22.6 Å². The maximum atomic E-state index is 13.3. The third-order valence-electron chi connectivity index (χ3n) is 5.39. The van der Waals surface area contributed by atoms with Gasteiger partial charge < -0.3 is 16.0 Å². The first-order chi connectivity index (χ1) is 16.2.